The second-order valence-electron chi connectivity index (χ2n) is 7.14. The topological polar surface area (TPSA) is 58.7 Å². The van der Waals surface area contributed by atoms with E-state index < -0.39 is 0 Å². The summed E-state index contributed by atoms with van der Waals surface area (Å²) in [4.78, 5) is 6.87. The number of aliphatic hydroxyl groups is 1. The van der Waals surface area contributed by atoms with E-state index in [0.29, 0.717) is 0 Å². The van der Waals surface area contributed by atoms with Crippen molar-refractivity contribution < 1.29 is 14.3 Å². The number of ether oxygens (including phenoxy) is 1. The fraction of sp³-hybridized carbons (Fsp3) is 0.381. The number of aromatic nitrogens is 1. The third-order valence-electron chi connectivity index (χ3n) is 5.56. The molecule has 26 heavy (non-hydrogen) atoms. The molecule has 0 radical (unpaired) electrons. The maximum atomic E-state index is 10.1. The molecule has 0 aliphatic carbocycles. The molecule has 1 aliphatic heterocycles. The molecular formula is C21H24N2O3. The summed E-state index contributed by atoms with van der Waals surface area (Å²) in [6, 6.07) is 12.0. The maximum Gasteiger partial charge on any atom is 0.139 e. The number of hydrogen-bond donors (Lipinski definition) is 1. The zero-order chi connectivity index (χ0) is 18.0. The van der Waals surface area contributed by atoms with Crippen LogP contribution in [0.2, 0.25) is 0 Å². The number of rotatable bonds is 5. The van der Waals surface area contributed by atoms with Crippen molar-refractivity contribution in [3.8, 4) is 5.75 Å². The summed E-state index contributed by atoms with van der Waals surface area (Å²) in [7, 11) is 1.68. The van der Waals surface area contributed by atoms with Crippen LogP contribution in [0.1, 0.15) is 18.4 Å². The van der Waals surface area contributed by atoms with Gasteiger partial charge in [-0.3, -0.25) is 0 Å². The number of anilines is 1. The third kappa shape index (κ3) is 3.15. The fourth-order valence-corrected chi connectivity index (χ4v) is 3.89. The Labute approximate surface area is 153 Å². The first-order chi connectivity index (χ1) is 12.7. The lowest BCUT2D eigenvalue weighted by atomic mass is 9.74. The smallest absolute Gasteiger partial charge is 0.139 e. The number of aliphatic hydroxyl groups excluding tert-OH is 1. The van der Waals surface area contributed by atoms with Crippen LogP contribution in [-0.4, -0.2) is 36.9 Å². The fourth-order valence-electron chi connectivity index (χ4n) is 3.89. The van der Waals surface area contributed by atoms with Gasteiger partial charge in [-0.1, -0.05) is 12.1 Å². The molecule has 4 rings (SSSR count). The minimum Gasteiger partial charge on any atom is -0.497 e. The molecular weight excluding hydrogens is 328 g/mol. The van der Waals surface area contributed by atoms with Gasteiger partial charge in [0.15, 0.2) is 0 Å². The standard InChI is InChI=1S/C21H24N2O3/c1-25-17-4-2-16(3-5-17)14-21(15-24)8-11-23(12-9-21)20-18-7-13-26-19(18)6-10-22-20/h2-7,10,13,24H,8-9,11-12,14-15H2,1H3. The Kier molecular flexibility index (Phi) is 4.55. The number of nitrogens with zero attached hydrogens (tertiary/aromatic N) is 2. The van der Waals surface area contributed by atoms with Crippen molar-refractivity contribution in [2.24, 2.45) is 5.41 Å². The first kappa shape index (κ1) is 16.9. The normalized spacial score (nSPS) is 16.8. The highest BCUT2D eigenvalue weighted by Crippen LogP contribution is 2.37. The Hall–Kier alpha value is -2.53. The van der Waals surface area contributed by atoms with Crippen LogP contribution in [0.25, 0.3) is 11.0 Å². The Morgan fingerprint density at radius 2 is 1.92 bits per heavy atom. The predicted molar refractivity (Wildman–Crippen MR) is 102 cm³/mol. The first-order valence-corrected chi connectivity index (χ1v) is 9.04. The summed E-state index contributed by atoms with van der Waals surface area (Å²) in [5, 5.41) is 11.2. The van der Waals surface area contributed by atoms with Gasteiger partial charge in [0.1, 0.15) is 17.2 Å². The lowest BCUT2D eigenvalue weighted by molar-refractivity contribution is 0.0962. The molecule has 1 fully saturated rings. The SMILES string of the molecule is COc1ccc(CC2(CO)CCN(c3nccc4occc34)CC2)cc1. The van der Waals surface area contributed by atoms with Gasteiger partial charge < -0.3 is 19.2 Å². The zero-order valence-corrected chi connectivity index (χ0v) is 15.0. The van der Waals surface area contributed by atoms with Crippen LogP contribution in [0.4, 0.5) is 5.82 Å². The Balaban J connectivity index is 1.49. The molecule has 1 N–H and O–H groups in total. The third-order valence-corrected chi connectivity index (χ3v) is 5.56. The second-order valence-corrected chi connectivity index (χ2v) is 7.14. The minimum absolute atomic E-state index is 0.0740. The lowest BCUT2D eigenvalue weighted by Gasteiger charge is -2.41. The predicted octanol–water partition coefficient (Wildman–Crippen LogP) is 3.66. The van der Waals surface area contributed by atoms with Crippen LogP contribution < -0.4 is 9.64 Å². The van der Waals surface area contributed by atoms with E-state index in [9.17, 15) is 5.11 Å². The van der Waals surface area contributed by atoms with E-state index in [-0.39, 0.29) is 12.0 Å². The summed E-state index contributed by atoms with van der Waals surface area (Å²) in [6.45, 7) is 1.97. The van der Waals surface area contributed by atoms with Crippen molar-refractivity contribution in [1.29, 1.82) is 0 Å². The second kappa shape index (κ2) is 7.00. The molecule has 1 saturated heterocycles. The van der Waals surface area contributed by atoms with Crippen LogP contribution in [0.15, 0.2) is 53.3 Å². The summed E-state index contributed by atoms with van der Waals surface area (Å²) < 4.78 is 10.7. The van der Waals surface area contributed by atoms with Gasteiger partial charge in [-0.15, -0.1) is 0 Å². The number of fused-ring (bicyclic) bond motifs is 1. The number of hydrogen-bond acceptors (Lipinski definition) is 5. The van der Waals surface area contributed by atoms with Crippen molar-refractivity contribution in [1.82, 2.24) is 4.98 Å². The Morgan fingerprint density at radius 1 is 1.15 bits per heavy atom. The largest absolute Gasteiger partial charge is 0.497 e. The van der Waals surface area contributed by atoms with Gasteiger partial charge in [0.05, 0.1) is 18.8 Å². The van der Waals surface area contributed by atoms with E-state index in [1.165, 1.54) is 5.56 Å². The van der Waals surface area contributed by atoms with Gasteiger partial charge >= 0.3 is 0 Å². The molecule has 0 saturated carbocycles. The molecule has 1 aliphatic rings. The molecule has 0 amide bonds. The summed E-state index contributed by atoms with van der Waals surface area (Å²) >= 11 is 0. The lowest BCUT2D eigenvalue weighted by Crippen LogP contribution is -2.43. The molecule has 136 valence electrons. The van der Waals surface area contributed by atoms with Crippen LogP contribution >= 0.6 is 0 Å². The molecule has 1 aromatic carbocycles. The highest BCUT2D eigenvalue weighted by Gasteiger charge is 2.35. The van der Waals surface area contributed by atoms with Gasteiger partial charge in [-0.25, -0.2) is 4.98 Å². The summed E-state index contributed by atoms with van der Waals surface area (Å²) in [5.41, 5.74) is 2.03. The van der Waals surface area contributed by atoms with Crippen molar-refractivity contribution in [2.45, 2.75) is 19.3 Å². The van der Waals surface area contributed by atoms with Crippen molar-refractivity contribution >= 4 is 16.8 Å². The monoisotopic (exact) mass is 352 g/mol. The number of benzene rings is 1. The first-order valence-electron chi connectivity index (χ1n) is 9.04. The molecule has 0 spiro atoms. The van der Waals surface area contributed by atoms with Crippen LogP contribution in [0, 0.1) is 5.41 Å². The molecule has 2 aromatic heterocycles. The Morgan fingerprint density at radius 3 is 2.62 bits per heavy atom. The van der Waals surface area contributed by atoms with E-state index in [0.717, 1.165) is 54.9 Å². The molecule has 3 heterocycles. The minimum atomic E-state index is -0.0740. The highest BCUT2D eigenvalue weighted by atomic mass is 16.5. The number of piperidine rings is 1. The van der Waals surface area contributed by atoms with Crippen molar-refractivity contribution in [3.63, 3.8) is 0 Å². The molecule has 5 nitrogen and oxygen atoms in total. The molecule has 0 bridgehead atoms. The average Bonchev–Trinajstić information content (AvgIpc) is 3.18. The van der Waals surface area contributed by atoms with E-state index >= 15 is 0 Å². The molecule has 3 aromatic rings. The number of pyridine rings is 1. The van der Waals surface area contributed by atoms with Gasteiger partial charge in [-0.2, -0.15) is 0 Å². The van der Waals surface area contributed by atoms with Gasteiger partial charge in [-0.05, 0) is 49.1 Å². The number of methoxy groups -OCH3 is 1. The van der Waals surface area contributed by atoms with Gasteiger partial charge in [0.2, 0.25) is 0 Å². The number of furan rings is 1. The van der Waals surface area contributed by atoms with E-state index in [1.54, 1.807) is 19.6 Å². The zero-order valence-electron chi connectivity index (χ0n) is 15.0. The van der Waals surface area contributed by atoms with Crippen LogP contribution in [-0.2, 0) is 6.42 Å². The molecule has 0 unspecified atom stereocenters. The van der Waals surface area contributed by atoms with E-state index in [4.69, 9.17) is 9.15 Å². The van der Waals surface area contributed by atoms with Crippen molar-refractivity contribution in [2.75, 3.05) is 31.7 Å². The van der Waals surface area contributed by atoms with E-state index in [1.807, 2.05) is 24.3 Å². The highest BCUT2D eigenvalue weighted by molar-refractivity contribution is 5.88. The van der Waals surface area contributed by atoms with E-state index in [2.05, 4.69) is 22.0 Å². The van der Waals surface area contributed by atoms with Crippen LogP contribution in [0.3, 0.4) is 0 Å². The Bertz CT molecular complexity index is 864. The average molecular weight is 352 g/mol. The quantitative estimate of drug-likeness (QED) is 0.759. The molecule has 0 atom stereocenters. The van der Waals surface area contributed by atoms with Crippen molar-refractivity contribution in [3.05, 3.63) is 54.4 Å². The van der Waals surface area contributed by atoms with Crippen LogP contribution in [0.5, 0.6) is 5.75 Å². The summed E-state index contributed by atoms with van der Waals surface area (Å²) in [6.07, 6.45) is 6.26. The maximum absolute atomic E-state index is 10.1. The van der Waals surface area contributed by atoms with Gasteiger partial charge in [0.25, 0.3) is 0 Å². The van der Waals surface area contributed by atoms with Gasteiger partial charge in [0, 0.05) is 31.3 Å². The molecule has 5 heteroatoms. The summed E-state index contributed by atoms with van der Waals surface area (Å²) in [5.74, 6) is 1.84.